The van der Waals surface area contributed by atoms with Crippen LogP contribution >= 0.6 is 7.95 Å². The molecule has 0 saturated heterocycles. The molecule has 0 fully saturated rings. The minimum absolute atomic E-state index is 0.0744. The Labute approximate surface area is 107 Å². The molecular formula is C11H16N2O4P+. The molecule has 0 aliphatic heterocycles. The van der Waals surface area contributed by atoms with Gasteiger partial charge >= 0.3 is 7.95 Å². The van der Waals surface area contributed by atoms with Crippen molar-refractivity contribution in [1.29, 1.82) is 0 Å². The fraction of sp³-hybridized carbons (Fsp3) is 0.455. The number of anilines is 1. The second-order valence-corrected chi connectivity index (χ2v) is 5.37. The smallest absolute Gasteiger partial charge is 0.459 e. The first-order valence-corrected chi connectivity index (χ1v) is 7.07. The lowest BCUT2D eigenvalue weighted by molar-refractivity contribution is -0.384. The molecule has 1 aromatic carbocycles. The van der Waals surface area contributed by atoms with Crippen LogP contribution in [0.4, 0.5) is 11.4 Å². The SMILES string of the molecule is COc1ccc([N+](=O)[O-])c(N(C(C)C)[P+](C)=O)c1. The summed E-state index contributed by atoms with van der Waals surface area (Å²) in [5.41, 5.74) is 0.243. The fourth-order valence-electron chi connectivity index (χ4n) is 1.72. The van der Waals surface area contributed by atoms with E-state index in [1.54, 1.807) is 0 Å². The highest BCUT2D eigenvalue weighted by Crippen LogP contribution is 2.40. The Balaban J connectivity index is 3.41. The molecule has 0 amide bonds. The molecule has 18 heavy (non-hydrogen) atoms. The lowest BCUT2D eigenvalue weighted by Gasteiger charge is -2.17. The Kier molecular flexibility index (Phi) is 4.62. The van der Waals surface area contributed by atoms with E-state index in [1.165, 1.54) is 36.6 Å². The third kappa shape index (κ3) is 2.96. The van der Waals surface area contributed by atoms with E-state index in [4.69, 9.17) is 4.74 Å². The Morgan fingerprint density at radius 1 is 1.44 bits per heavy atom. The van der Waals surface area contributed by atoms with Crippen molar-refractivity contribution < 1.29 is 14.2 Å². The number of nitrogens with zero attached hydrogens (tertiary/aromatic N) is 2. The summed E-state index contributed by atoms with van der Waals surface area (Å²) in [5.74, 6) is 0.498. The van der Waals surface area contributed by atoms with Crippen molar-refractivity contribution in [2.24, 2.45) is 0 Å². The maximum atomic E-state index is 11.8. The zero-order chi connectivity index (χ0) is 13.9. The minimum atomic E-state index is -1.71. The van der Waals surface area contributed by atoms with E-state index in [1.807, 2.05) is 13.8 Å². The summed E-state index contributed by atoms with van der Waals surface area (Å²) < 4.78 is 18.3. The van der Waals surface area contributed by atoms with Gasteiger partial charge in [-0.15, -0.1) is 0 Å². The molecule has 0 saturated carbocycles. The predicted molar refractivity (Wildman–Crippen MR) is 70.8 cm³/mol. The zero-order valence-corrected chi connectivity index (χ0v) is 11.7. The Morgan fingerprint density at radius 3 is 2.44 bits per heavy atom. The Hall–Kier alpha value is -1.68. The first kappa shape index (κ1) is 14.4. The van der Waals surface area contributed by atoms with Crippen LogP contribution in [-0.2, 0) is 4.57 Å². The number of nitro groups is 1. The van der Waals surface area contributed by atoms with E-state index in [9.17, 15) is 14.7 Å². The molecular weight excluding hydrogens is 255 g/mol. The van der Waals surface area contributed by atoms with Crippen LogP contribution in [0.2, 0.25) is 0 Å². The topological polar surface area (TPSA) is 72.7 Å². The van der Waals surface area contributed by atoms with Gasteiger partial charge in [-0.2, -0.15) is 4.67 Å². The highest BCUT2D eigenvalue weighted by molar-refractivity contribution is 7.45. The third-order valence-corrected chi connectivity index (χ3v) is 3.70. The van der Waals surface area contributed by atoms with E-state index >= 15 is 0 Å². The number of methoxy groups -OCH3 is 1. The molecule has 0 aliphatic carbocycles. The molecule has 1 atom stereocenters. The summed E-state index contributed by atoms with van der Waals surface area (Å²) in [6.07, 6.45) is 0. The normalized spacial score (nSPS) is 11.3. The van der Waals surface area contributed by atoms with Crippen molar-refractivity contribution >= 4 is 19.3 Å². The maximum absolute atomic E-state index is 11.8. The first-order valence-electron chi connectivity index (χ1n) is 5.41. The second kappa shape index (κ2) is 5.78. The summed E-state index contributed by atoms with van der Waals surface area (Å²) in [5, 5.41) is 11.0. The maximum Gasteiger partial charge on any atom is 0.459 e. The zero-order valence-electron chi connectivity index (χ0n) is 10.8. The van der Waals surface area contributed by atoms with E-state index in [-0.39, 0.29) is 11.7 Å². The van der Waals surface area contributed by atoms with Crippen LogP contribution in [0.25, 0.3) is 0 Å². The largest absolute Gasteiger partial charge is 0.497 e. The van der Waals surface area contributed by atoms with Gasteiger partial charge in [0.1, 0.15) is 5.75 Å². The molecule has 7 heteroatoms. The van der Waals surface area contributed by atoms with Crippen LogP contribution in [0.3, 0.4) is 0 Å². The minimum Gasteiger partial charge on any atom is -0.497 e. The number of benzene rings is 1. The van der Waals surface area contributed by atoms with E-state index in [0.717, 1.165) is 0 Å². The number of hydrogen-bond donors (Lipinski definition) is 0. The predicted octanol–water partition coefficient (Wildman–Crippen LogP) is 3.19. The van der Waals surface area contributed by atoms with Crippen LogP contribution in [0.5, 0.6) is 5.75 Å². The molecule has 0 aliphatic rings. The Bertz CT molecular complexity index is 476. The van der Waals surface area contributed by atoms with Gasteiger partial charge < -0.3 is 4.74 Å². The quantitative estimate of drug-likeness (QED) is 0.467. The van der Waals surface area contributed by atoms with Crippen LogP contribution in [-0.4, -0.2) is 24.7 Å². The molecule has 0 heterocycles. The van der Waals surface area contributed by atoms with Gasteiger partial charge in [0.15, 0.2) is 12.4 Å². The second-order valence-electron chi connectivity index (χ2n) is 4.01. The van der Waals surface area contributed by atoms with Crippen molar-refractivity contribution in [3.63, 3.8) is 0 Å². The van der Waals surface area contributed by atoms with Gasteiger partial charge in [-0.1, -0.05) is 0 Å². The van der Waals surface area contributed by atoms with Gasteiger partial charge in [0.05, 0.1) is 18.1 Å². The molecule has 0 bridgehead atoms. The van der Waals surface area contributed by atoms with Crippen molar-refractivity contribution in [3.8, 4) is 5.75 Å². The summed E-state index contributed by atoms with van der Waals surface area (Å²) in [6.45, 7) is 5.19. The van der Waals surface area contributed by atoms with Gasteiger partial charge in [0, 0.05) is 12.1 Å². The van der Waals surface area contributed by atoms with Gasteiger partial charge in [-0.25, -0.2) is 0 Å². The molecule has 1 aromatic rings. The Morgan fingerprint density at radius 2 is 2.06 bits per heavy atom. The lowest BCUT2D eigenvalue weighted by atomic mass is 10.2. The van der Waals surface area contributed by atoms with Gasteiger partial charge in [-0.3, -0.25) is 10.1 Å². The van der Waals surface area contributed by atoms with Crippen molar-refractivity contribution in [1.82, 2.24) is 0 Å². The summed E-state index contributed by atoms with van der Waals surface area (Å²) >= 11 is 0. The molecule has 1 unspecified atom stereocenters. The molecule has 1 rings (SSSR count). The molecule has 0 aromatic heterocycles. The highest BCUT2D eigenvalue weighted by Gasteiger charge is 2.32. The van der Waals surface area contributed by atoms with Crippen LogP contribution in [0.15, 0.2) is 18.2 Å². The first-order chi connectivity index (χ1) is 8.38. The number of ether oxygens (including phenoxy) is 1. The molecule has 0 spiro atoms. The monoisotopic (exact) mass is 271 g/mol. The van der Waals surface area contributed by atoms with Crippen LogP contribution < -0.4 is 9.41 Å². The number of hydrogen-bond acceptors (Lipinski definition) is 4. The standard InChI is InChI=1S/C11H16N2O4P/c1-8(2)12(18(4)16)11-7-9(17-3)5-6-10(11)13(14)15/h5-8H,1-4H3/q+1. The van der Waals surface area contributed by atoms with Gasteiger partial charge in [-0.05, 0) is 24.5 Å². The van der Waals surface area contributed by atoms with Gasteiger partial charge in [0.2, 0.25) is 0 Å². The molecule has 0 radical (unpaired) electrons. The number of nitro benzene ring substituents is 1. The average molecular weight is 271 g/mol. The molecule has 98 valence electrons. The van der Waals surface area contributed by atoms with Crippen molar-refractivity contribution in [2.45, 2.75) is 19.9 Å². The molecule has 0 N–H and O–H groups in total. The third-order valence-electron chi connectivity index (χ3n) is 2.42. The van der Waals surface area contributed by atoms with E-state index in [2.05, 4.69) is 0 Å². The molecule has 6 nitrogen and oxygen atoms in total. The summed E-state index contributed by atoms with van der Waals surface area (Å²) in [7, 11) is -0.232. The summed E-state index contributed by atoms with van der Waals surface area (Å²) in [6, 6.07) is 4.31. The van der Waals surface area contributed by atoms with Gasteiger partial charge in [0.25, 0.3) is 5.69 Å². The highest BCUT2D eigenvalue weighted by atomic mass is 31.1. The summed E-state index contributed by atoms with van der Waals surface area (Å²) in [4.78, 5) is 10.5. The van der Waals surface area contributed by atoms with Crippen LogP contribution in [0.1, 0.15) is 13.8 Å². The van der Waals surface area contributed by atoms with E-state index < -0.39 is 12.9 Å². The van der Waals surface area contributed by atoms with Crippen LogP contribution in [0, 0.1) is 10.1 Å². The van der Waals surface area contributed by atoms with Crippen molar-refractivity contribution in [3.05, 3.63) is 28.3 Å². The average Bonchev–Trinajstić information content (AvgIpc) is 2.27. The number of rotatable bonds is 5. The van der Waals surface area contributed by atoms with Crippen molar-refractivity contribution in [2.75, 3.05) is 18.4 Å². The fourth-order valence-corrected chi connectivity index (χ4v) is 2.84. The van der Waals surface area contributed by atoms with E-state index in [0.29, 0.717) is 11.4 Å². The lowest BCUT2D eigenvalue weighted by Crippen LogP contribution is -2.23.